The molecule has 0 radical (unpaired) electrons. The predicted molar refractivity (Wildman–Crippen MR) is 57.2 cm³/mol. The van der Waals surface area contributed by atoms with Crippen molar-refractivity contribution in [3.63, 3.8) is 0 Å². The van der Waals surface area contributed by atoms with E-state index in [9.17, 15) is 9.59 Å². The first kappa shape index (κ1) is 13.6. The van der Waals surface area contributed by atoms with Crippen LogP contribution in [0.5, 0.6) is 0 Å². The van der Waals surface area contributed by atoms with Crippen molar-refractivity contribution in [2.24, 2.45) is 11.7 Å². The van der Waals surface area contributed by atoms with Crippen LogP contribution >= 0.6 is 0 Å². The molecule has 15 heavy (non-hydrogen) atoms. The van der Waals surface area contributed by atoms with Gasteiger partial charge in [-0.2, -0.15) is 0 Å². The molecule has 0 aromatic carbocycles. The van der Waals surface area contributed by atoms with Gasteiger partial charge in [0.2, 0.25) is 5.91 Å². The van der Waals surface area contributed by atoms with Crippen LogP contribution in [0.1, 0.15) is 19.8 Å². The molecule has 0 aromatic rings. The highest BCUT2D eigenvalue weighted by molar-refractivity contribution is 5.84. The van der Waals surface area contributed by atoms with Gasteiger partial charge in [-0.05, 0) is 19.4 Å². The first-order chi connectivity index (χ1) is 7.02. The third-order valence-electron chi connectivity index (χ3n) is 2.06. The number of carboxylic acids is 1. The van der Waals surface area contributed by atoms with Crippen molar-refractivity contribution in [1.82, 2.24) is 5.32 Å². The molecule has 0 bridgehead atoms. The van der Waals surface area contributed by atoms with Crippen molar-refractivity contribution < 1.29 is 14.7 Å². The van der Waals surface area contributed by atoms with Crippen molar-refractivity contribution >= 4 is 11.9 Å². The fourth-order valence-corrected chi connectivity index (χ4v) is 1.08. The summed E-state index contributed by atoms with van der Waals surface area (Å²) in [5.74, 6) is -1.60. The molecule has 2 unspecified atom stereocenters. The molecule has 86 valence electrons. The number of carbonyl (C=O) groups excluding carboxylic acids is 1. The molecule has 4 N–H and O–H groups in total. The summed E-state index contributed by atoms with van der Waals surface area (Å²) in [5.41, 5.74) is 5.30. The minimum Gasteiger partial charge on any atom is -0.480 e. The van der Waals surface area contributed by atoms with Gasteiger partial charge < -0.3 is 16.2 Å². The van der Waals surface area contributed by atoms with Crippen LogP contribution in [0.15, 0.2) is 12.7 Å². The molecule has 0 spiro atoms. The molecule has 0 aromatic heterocycles. The molecule has 0 heterocycles. The van der Waals surface area contributed by atoms with E-state index in [1.54, 1.807) is 6.92 Å². The Morgan fingerprint density at radius 1 is 1.60 bits per heavy atom. The third-order valence-corrected chi connectivity index (χ3v) is 2.06. The topological polar surface area (TPSA) is 92.4 Å². The van der Waals surface area contributed by atoms with Gasteiger partial charge in [0.05, 0.1) is 0 Å². The smallest absolute Gasteiger partial charge is 0.326 e. The maximum Gasteiger partial charge on any atom is 0.326 e. The number of hydrogen-bond donors (Lipinski definition) is 3. The normalized spacial score (nSPS) is 14.0. The zero-order chi connectivity index (χ0) is 11.8. The van der Waals surface area contributed by atoms with E-state index >= 15 is 0 Å². The Kier molecular flexibility index (Phi) is 6.37. The molecule has 5 nitrogen and oxygen atoms in total. The zero-order valence-electron chi connectivity index (χ0n) is 8.90. The Labute approximate surface area is 89.3 Å². The van der Waals surface area contributed by atoms with Crippen LogP contribution in [0.2, 0.25) is 0 Å². The van der Waals surface area contributed by atoms with Gasteiger partial charge in [0.1, 0.15) is 6.04 Å². The molecule has 0 fully saturated rings. The number of aliphatic carboxylic acids is 1. The summed E-state index contributed by atoms with van der Waals surface area (Å²) in [4.78, 5) is 22.2. The Morgan fingerprint density at radius 2 is 2.20 bits per heavy atom. The molecule has 2 atom stereocenters. The lowest BCUT2D eigenvalue weighted by Crippen LogP contribution is -2.43. The largest absolute Gasteiger partial charge is 0.480 e. The van der Waals surface area contributed by atoms with Crippen LogP contribution in [0.25, 0.3) is 0 Å². The molecule has 5 heteroatoms. The number of nitrogens with one attached hydrogen (secondary N) is 1. The van der Waals surface area contributed by atoms with Crippen molar-refractivity contribution in [3.05, 3.63) is 12.7 Å². The van der Waals surface area contributed by atoms with Gasteiger partial charge in [0, 0.05) is 5.92 Å². The van der Waals surface area contributed by atoms with Crippen molar-refractivity contribution in [3.8, 4) is 0 Å². The maximum atomic E-state index is 11.5. The Hall–Kier alpha value is -1.36. The van der Waals surface area contributed by atoms with Gasteiger partial charge >= 0.3 is 5.97 Å². The molecule has 0 aliphatic rings. The average Bonchev–Trinajstić information content (AvgIpc) is 2.17. The van der Waals surface area contributed by atoms with Crippen molar-refractivity contribution in [2.75, 3.05) is 6.54 Å². The summed E-state index contributed by atoms with van der Waals surface area (Å²) in [6.07, 6.45) is 2.23. The fourth-order valence-electron chi connectivity index (χ4n) is 1.08. The SMILES string of the molecule is C=CCC(NC(=O)C(C)CCN)C(=O)O. The molecule has 1 amide bonds. The molecule has 0 aliphatic heterocycles. The summed E-state index contributed by atoms with van der Waals surface area (Å²) in [6.45, 7) is 5.56. The minimum atomic E-state index is -1.05. The molecule has 0 saturated heterocycles. The summed E-state index contributed by atoms with van der Waals surface area (Å²) >= 11 is 0. The summed E-state index contributed by atoms with van der Waals surface area (Å²) in [5, 5.41) is 11.2. The lowest BCUT2D eigenvalue weighted by molar-refractivity contribution is -0.142. The van der Waals surface area contributed by atoms with Crippen LogP contribution in [0.4, 0.5) is 0 Å². The van der Waals surface area contributed by atoms with Gasteiger partial charge in [-0.1, -0.05) is 13.0 Å². The van der Waals surface area contributed by atoms with Crippen molar-refractivity contribution in [2.45, 2.75) is 25.8 Å². The van der Waals surface area contributed by atoms with Crippen LogP contribution < -0.4 is 11.1 Å². The Morgan fingerprint density at radius 3 is 2.60 bits per heavy atom. The van der Waals surface area contributed by atoms with E-state index in [2.05, 4.69) is 11.9 Å². The fraction of sp³-hybridized carbons (Fsp3) is 0.600. The number of hydrogen-bond acceptors (Lipinski definition) is 3. The highest BCUT2D eigenvalue weighted by Crippen LogP contribution is 2.02. The monoisotopic (exact) mass is 214 g/mol. The third kappa shape index (κ3) is 5.17. The van der Waals surface area contributed by atoms with E-state index in [0.29, 0.717) is 13.0 Å². The summed E-state index contributed by atoms with van der Waals surface area (Å²) in [7, 11) is 0. The van der Waals surface area contributed by atoms with Gasteiger partial charge in [-0.3, -0.25) is 4.79 Å². The lowest BCUT2D eigenvalue weighted by Gasteiger charge is -2.16. The van der Waals surface area contributed by atoms with Gasteiger partial charge in [0.25, 0.3) is 0 Å². The molecule has 0 rings (SSSR count). The van der Waals surface area contributed by atoms with E-state index in [-0.39, 0.29) is 18.2 Å². The standard InChI is InChI=1S/C10H18N2O3/c1-3-4-8(10(14)15)12-9(13)7(2)5-6-11/h3,7-8H,1,4-6,11H2,2H3,(H,12,13)(H,14,15). The van der Waals surface area contributed by atoms with E-state index in [0.717, 1.165) is 0 Å². The van der Waals surface area contributed by atoms with Crippen LogP contribution in [-0.4, -0.2) is 29.6 Å². The molecular formula is C10H18N2O3. The average molecular weight is 214 g/mol. The molecule has 0 saturated carbocycles. The van der Waals surface area contributed by atoms with Gasteiger partial charge in [-0.15, -0.1) is 6.58 Å². The second-order valence-corrected chi connectivity index (χ2v) is 3.40. The number of carboxylic acid groups (broad SMARTS) is 1. The Balaban J connectivity index is 4.21. The van der Waals surface area contributed by atoms with E-state index in [1.807, 2.05) is 0 Å². The maximum absolute atomic E-state index is 11.5. The van der Waals surface area contributed by atoms with E-state index in [4.69, 9.17) is 10.8 Å². The van der Waals surface area contributed by atoms with Crippen molar-refractivity contribution in [1.29, 1.82) is 0 Å². The highest BCUT2D eigenvalue weighted by atomic mass is 16.4. The zero-order valence-corrected chi connectivity index (χ0v) is 8.90. The molecule has 0 aliphatic carbocycles. The summed E-state index contributed by atoms with van der Waals surface area (Å²) < 4.78 is 0. The first-order valence-electron chi connectivity index (χ1n) is 4.87. The minimum absolute atomic E-state index is 0.219. The number of carbonyl (C=O) groups is 2. The molecular weight excluding hydrogens is 196 g/mol. The number of amides is 1. The predicted octanol–water partition coefficient (Wildman–Crippen LogP) is 0.117. The van der Waals surface area contributed by atoms with Crippen LogP contribution in [-0.2, 0) is 9.59 Å². The van der Waals surface area contributed by atoms with Gasteiger partial charge in [0.15, 0.2) is 0 Å². The van der Waals surface area contributed by atoms with Crippen LogP contribution in [0.3, 0.4) is 0 Å². The number of rotatable bonds is 7. The Bertz CT molecular complexity index is 241. The van der Waals surface area contributed by atoms with Crippen LogP contribution in [0, 0.1) is 5.92 Å². The second kappa shape index (κ2) is 7.00. The first-order valence-corrected chi connectivity index (χ1v) is 4.87. The van der Waals surface area contributed by atoms with E-state index in [1.165, 1.54) is 6.08 Å². The quantitative estimate of drug-likeness (QED) is 0.525. The van der Waals surface area contributed by atoms with Gasteiger partial charge in [-0.25, -0.2) is 4.79 Å². The number of nitrogens with two attached hydrogens (primary N) is 1. The van der Waals surface area contributed by atoms with E-state index < -0.39 is 12.0 Å². The second-order valence-electron chi connectivity index (χ2n) is 3.40. The lowest BCUT2D eigenvalue weighted by atomic mass is 10.1. The highest BCUT2D eigenvalue weighted by Gasteiger charge is 2.21. The summed E-state index contributed by atoms with van der Waals surface area (Å²) in [6, 6.07) is -0.893.